The maximum atomic E-state index is 14.2. The van der Waals surface area contributed by atoms with Crippen molar-refractivity contribution in [1.82, 2.24) is 5.32 Å². The highest BCUT2D eigenvalue weighted by atomic mass is 16.7. The number of esters is 1. The first-order chi connectivity index (χ1) is 17.3. The Labute approximate surface area is 213 Å². The van der Waals surface area contributed by atoms with Crippen molar-refractivity contribution in [1.29, 1.82) is 0 Å². The Hall–Kier alpha value is -3.15. The second-order valence-corrected chi connectivity index (χ2v) is 10.2. The summed E-state index contributed by atoms with van der Waals surface area (Å²) >= 11 is 0. The molecule has 4 rings (SSSR count). The Morgan fingerprint density at radius 2 is 1.64 bits per heavy atom. The van der Waals surface area contributed by atoms with E-state index in [0.717, 1.165) is 31.2 Å². The zero-order valence-corrected chi connectivity index (χ0v) is 21.8. The van der Waals surface area contributed by atoms with Crippen LogP contribution in [0.2, 0.25) is 0 Å². The summed E-state index contributed by atoms with van der Waals surface area (Å²) in [6.07, 6.45) is 5.64. The fraction of sp³-hybridized carbons (Fsp3) is 0.500. The Bertz CT molecular complexity index is 1160. The summed E-state index contributed by atoms with van der Waals surface area (Å²) in [5.41, 5.74) is 0.744. The van der Waals surface area contributed by atoms with Crippen LogP contribution in [0, 0.1) is 0 Å². The summed E-state index contributed by atoms with van der Waals surface area (Å²) in [7, 11) is 0. The fourth-order valence-corrected chi connectivity index (χ4v) is 5.30. The molecule has 6 heteroatoms. The molecule has 0 fully saturated rings. The average Bonchev–Trinajstić information content (AvgIpc) is 3.23. The molecule has 2 aromatic rings. The summed E-state index contributed by atoms with van der Waals surface area (Å²) in [4.78, 5) is 40.6. The van der Waals surface area contributed by atoms with E-state index in [1.807, 2.05) is 18.2 Å². The van der Waals surface area contributed by atoms with Gasteiger partial charge in [-0.1, -0.05) is 89.8 Å². The van der Waals surface area contributed by atoms with Crippen molar-refractivity contribution in [2.24, 2.45) is 0 Å². The van der Waals surface area contributed by atoms with Crippen LogP contribution in [0.5, 0.6) is 5.75 Å². The molecule has 1 amide bonds. The number of nitrogens with one attached hydrogen (secondary N) is 1. The summed E-state index contributed by atoms with van der Waals surface area (Å²) in [6, 6.07) is 12.7. The van der Waals surface area contributed by atoms with Crippen molar-refractivity contribution < 1.29 is 23.9 Å². The largest absolute Gasteiger partial charge is 0.445 e. The van der Waals surface area contributed by atoms with E-state index >= 15 is 0 Å². The molecule has 1 aliphatic carbocycles. The maximum absolute atomic E-state index is 14.2. The van der Waals surface area contributed by atoms with Gasteiger partial charge >= 0.3 is 11.8 Å². The van der Waals surface area contributed by atoms with Gasteiger partial charge in [0.1, 0.15) is 5.75 Å². The van der Waals surface area contributed by atoms with Gasteiger partial charge in [0.2, 0.25) is 17.2 Å². The zero-order valence-electron chi connectivity index (χ0n) is 21.8. The van der Waals surface area contributed by atoms with E-state index in [2.05, 4.69) is 33.0 Å². The number of ether oxygens (including phenoxy) is 2. The Kier molecular flexibility index (Phi) is 7.53. The summed E-state index contributed by atoms with van der Waals surface area (Å²) in [5, 5.41) is 3.04. The van der Waals surface area contributed by atoms with Crippen LogP contribution in [-0.2, 0) is 25.7 Å². The number of amides is 1. The van der Waals surface area contributed by atoms with Crippen LogP contribution in [0.3, 0.4) is 0 Å². The van der Waals surface area contributed by atoms with E-state index in [-0.39, 0.29) is 30.4 Å². The van der Waals surface area contributed by atoms with Crippen LogP contribution in [0.1, 0.15) is 112 Å². The minimum Gasteiger partial charge on any atom is -0.445 e. The number of carbonyl (C=O) groups is 3. The molecule has 2 unspecified atom stereocenters. The smallest absolute Gasteiger partial charge is 0.316 e. The molecule has 2 atom stereocenters. The van der Waals surface area contributed by atoms with E-state index in [0.29, 0.717) is 35.3 Å². The predicted molar refractivity (Wildman–Crippen MR) is 138 cm³/mol. The highest BCUT2D eigenvalue weighted by Crippen LogP contribution is 2.60. The number of benzene rings is 2. The number of hydrogen-bond acceptors (Lipinski definition) is 5. The quantitative estimate of drug-likeness (QED) is 0.296. The van der Waals surface area contributed by atoms with Gasteiger partial charge in [0.25, 0.3) is 0 Å². The van der Waals surface area contributed by atoms with Crippen LogP contribution in [0.25, 0.3) is 0 Å². The zero-order chi connectivity index (χ0) is 25.9. The lowest BCUT2D eigenvalue weighted by molar-refractivity contribution is -0.216. The highest BCUT2D eigenvalue weighted by Gasteiger charge is 2.74. The predicted octanol–water partition coefficient (Wildman–Crippen LogP) is 6.27. The van der Waals surface area contributed by atoms with E-state index in [4.69, 9.17) is 9.47 Å². The van der Waals surface area contributed by atoms with Crippen molar-refractivity contribution >= 4 is 17.7 Å². The molecular weight excluding hydrogens is 454 g/mol. The van der Waals surface area contributed by atoms with Gasteiger partial charge in [-0.05, 0) is 30.4 Å². The lowest BCUT2D eigenvalue weighted by Gasteiger charge is -2.37. The van der Waals surface area contributed by atoms with E-state index < -0.39 is 17.3 Å². The minimum atomic E-state index is -1.79. The topological polar surface area (TPSA) is 81.7 Å². The molecule has 0 bridgehead atoms. The van der Waals surface area contributed by atoms with Crippen LogP contribution < -0.4 is 10.1 Å². The maximum Gasteiger partial charge on any atom is 0.316 e. The Morgan fingerprint density at radius 3 is 2.33 bits per heavy atom. The van der Waals surface area contributed by atoms with Gasteiger partial charge in [0, 0.05) is 24.0 Å². The average molecular weight is 492 g/mol. The van der Waals surface area contributed by atoms with Crippen molar-refractivity contribution in [2.45, 2.75) is 96.3 Å². The van der Waals surface area contributed by atoms with E-state index in [9.17, 15) is 14.4 Å². The number of hydrogen-bond donors (Lipinski definition) is 1. The number of rotatable bonds is 11. The molecule has 1 heterocycles. The molecule has 1 aliphatic heterocycles. The molecule has 36 heavy (non-hydrogen) atoms. The standard InChI is InChI=1S/C30H37NO5/c1-5-7-9-15-26(32)31-29-24-18-17-21(20(3)4)19-25(24)35-30(29,36-27(33)16-10-8-6-2)23-14-12-11-13-22(23)28(29)34/h11-14,17-20H,5-10,15-16H2,1-4H3,(H,31,32). The molecule has 0 spiro atoms. The molecule has 0 aromatic heterocycles. The van der Waals surface area contributed by atoms with Crippen molar-refractivity contribution in [3.05, 3.63) is 64.7 Å². The third-order valence-electron chi connectivity index (χ3n) is 7.27. The van der Waals surface area contributed by atoms with E-state index in [1.165, 1.54) is 0 Å². The van der Waals surface area contributed by atoms with Crippen LogP contribution in [0.4, 0.5) is 0 Å². The second-order valence-electron chi connectivity index (χ2n) is 10.2. The molecule has 0 saturated heterocycles. The molecule has 1 N–H and O–H groups in total. The number of unbranched alkanes of at least 4 members (excludes halogenated alkanes) is 4. The molecule has 192 valence electrons. The van der Waals surface area contributed by atoms with E-state index in [1.54, 1.807) is 24.3 Å². The van der Waals surface area contributed by atoms with Gasteiger partial charge in [-0.25, -0.2) is 0 Å². The first kappa shape index (κ1) is 25.9. The normalized spacial score (nSPS) is 21.5. The molecule has 0 saturated carbocycles. The van der Waals surface area contributed by atoms with Gasteiger partial charge in [-0.2, -0.15) is 0 Å². The third-order valence-corrected chi connectivity index (χ3v) is 7.27. The van der Waals surface area contributed by atoms with Crippen LogP contribution in [-0.4, -0.2) is 17.7 Å². The lowest BCUT2D eigenvalue weighted by atomic mass is 9.81. The Balaban J connectivity index is 1.86. The molecule has 6 nitrogen and oxygen atoms in total. The van der Waals surface area contributed by atoms with Gasteiger partial charge in [0.05, 0.1) is 5.56 Å². The number of carbonyl (C=O) groups excluding carboxylic acids is 3. The van der Waals surface area contributed by atoms with Crippen LogP contribution in [0.15, 0.2) is 42.5 Å². The second kappa shape index (κ2) is 10.5. The third kappa shape index (κ3) is 4.21. The summed E-state index contributed by atoms with van der Waals surface area (Å²) < 4.78 is 12.7. The van der Waals surface area contributed by atoms with Crippen molar-refractivity contribution in [3.8, 4) is 5.75 Å². The van der Waals surface area contributed by atoms with Gasteiger partial charge in [-0.15, -0.1) is 0 Å². The number of fused-ring (bicyclic) bond motifs is 5. The summed E-state index contributed by atoms with van der Waals surface area (Å²) in [5.74, 6) is -2.13. The van der Waals surface area contributed by atoms with Crippen molar-refractivity contribution in [2.75, 3.05) is 0 Å². The minimum absolute atomic E-state index is 0.212. The monoisotopic (exact) mass is 491 g/mol. The van der Waals surface area contributed by atoms with Crippen LogP contribution >= 0.6 is 0 Å². The van der Waals surface area contributed by atoms with Gasteiger partial charge < -0.3 is 14.8 Å². The first-order valence-corrected chi connectivity index (χ1v) is 13.3. The van der Waals surface area contributed by atoms with Crippen molar-refractivity contribution in [3.63, 3.8) is 0 Å². The van der Waals surface area contributed by atoms with Gasteiger partial charge in [-0.3, -0.25) is 14.4 Å². The summed E-state index contributed by atoms with van der Waals surface area (Å²) in [6.45, 7) is 8.29. The number of Topliss-reactive ketones (excluding diaryl/α,β-unsaturated/α-hetero) is 1. The Morgan fingerprint density at radius 1 is 0.944 bits per heavy atom. The molecular formula is C30H37NO5. The SMILES string of the molecule is CCCCCC(=O)NC12C(=O)c3ccccc3C1(OC(=O)CCCCC)Oc1cc(C(C)C)ccc12. The lowest BCUT2D eigenvalue weighted by Crippen LogP contribution is -2.61. The first-order valence-electron chi connectivity index (χ1n) is 13.3. The fourth-order valence-electron chi connectivity index (χ4n) is 5.30. The highest BCUT2D eigenvalue weighted by molar-refractivity contribution is 6.12. The van der Waals surface area contributed by atoms with Gasteiger partial charge in [0.15, 0.2) is 0 Å². The molecule has 2 aromatic carbocycles. The molecule has 2 aliphatic rings. The molecule has 0 radical (unpaired) electrons. The number of ketones is 1.